The van der Waals surface area contributed by atoms with E-state index in [1.807, 2.05) is 0 Å². The first kappa shape index (κ1) is 10.5. The van der Waals surface area contributed by atoms with Crippen LogP contribution in [0.5, 0.6) is 0 Å². The molecule has 2 unspecified atom stereocenters. The van der Waals surface area contributed by atoms with Crippen LogP contribution in [0.25, 0.3) is 0 Å². The molecule has 0 aliphatic carbocycles. The van der Waals surface area contributed by atoms with Gasteiger partial charge in [0.05, 0.1) is 6.10 Å². The van der Waals surface area contributed by atoms with Crippen LogP contribution in [0.3, 0.4) is 0 Å². The molecule has 72 valence electrons. The molecular formula is C9H11FO2S. The Morgan fingerprint density at radius 1 is 1.38 bits per heavy atom. The van der Waals surface area contributed by atoms with Gasteiger partial charge in [0.25, 0.3) is 0 Å². The third-order valence-corrected chi connectivity index (χ3v) is 2.12. The minimum Gasteiger partial charge on any atom is -0.389 e. The van der Waals surface area contributed by atoms with E-state index in [0.717, 1.165) is 0 Å². The number of benzene rings is 1. The van der Waals surface area contributed by atoms with E-state index in [1.54, 1.807) is 6.07 Å². The van der Waals surface area contributed by atoms with Crippen LogP contribution in [0.2, 0.25) is 0 Å². The van der Waals surface area contributed by atoms with E-state index in [-0.39, 0.29) is 5.75 Å². The van der Waals surface area contributed by atoms with Gasteiger partial charge in [-0.3, -0.25) is 0 Å². The first-order chi connectivity index (χ1) is 6.15. The van der Waals surface area contributed by atoms with Crippen LogP contribution in [0.1, 0.15) is 11.7 Å². The molecule has 0 aliphatic heterocycles. The molecular weight excluding hydrogens is 191 g/mol. The number of halogens is 1. The van der Waals surface area contributed by atoms with Crippen LogP contribution in [0, 0.1) is 5.82 Å². The maximum absolute atomic E-state index is 12.7. The maximum Gasteiger partial charge on any atom is 0.123 e. The van der Waals surface area contributed by atoms with Crippen LogP contribution < -0.4 is 0 Å². The van der Waals surface area contributed by atoms with Crippen molar-refractivity contribution in [3.8, 4) is 0 Å². The van der Waals surface area contributed by atoms with E-state index in [2.05, 4.69) is 12.6 Å². The first-order valence-electron chi connectivity index (χ1n) is 3.87. The summed E-state index contributed by atoms with van der Waals surface area (Å²) in [6, 6.07) is 5.51. The van der Waals surface area contributed by atoms with E-state index in [1.165, 1.54) is 18.2 Å². The molecule has 2 nitrogen and oxygen atoms in total. The monoisotopic (exact) mass is 202 g/mol. The van der Waals surface area contributed by atoms with Gasteiger partial charge < -0.3 is 10.2 Å². The second kappa shape index (κ2) is 4.60. The summed E-state index contributed by atoms with van der Waals surface area (Å²) in [4.78, 5) is 0. The van der Waals surface area contributed by atoms with Gasteiger partial charge >= 0.3 is 0 Å². The number of aliphatic hydroxyl groups is 2. The Hall–Kier alpha value is -0.580. The fourth-order valence-electron chi connectivity index (χ4n) is 1.01. The van der Waals surface area contributed by atoms with Gasteiger partial charge in [-0.15, -0.1) is 0 Å². The highest BCUT2D eigenvalue weighted by atomic mass is 32.1. The average Bonchev–Trinajstić information content (AvgIpc) is 2.15. The third kappa shape index (κ3) is 2.69. The van der Waals surface area contributed by atoms with Crippen molar-refractivity contribution in [3.63, 3.8) is 0 Å². The number of thiol groups is 1. The Bertz CT molecular complexity index is 280. The largest absolute Gasteiger partial charge is 0.389 e. The second-order valence-electron chi connectivity index (χ2n) is 2.75. The summed E-state index contributed by atoms with van der Waals surface area (Å²) < 4.78 is 12.7. The summed E-state index contributed by atoms with van der Waals surface area (Å²) in [5, 5.41) is 18.7. The fourth-order valence-corrected chi connectivity index (χ4v) is 1.21. The normalized spacial score (nSPS) is 15.4. The Balaban J connectivity index is 2.82. The molecule has 1 aromatic rings. The molecule has 0 spiro atoms. The zero-order valence-electron chi connectivity index (χ0n) is 6.89. The summed E-state index contributed by atoms with van der Waals surface area (Å²) in [5.74, 6) is -0.291. The molecule has 1 rings (SSSR count). The molecule has 2 atom stereocenters. The van der Waals surface area contributed by atoms with Crippen LogP contribution in [0.4, 0.5) is 4.39 Å². The van der Waals surface area contributed by atoms with Gasteiger partial charge in [0.1, 0.15) is 11.9 Å². The van der Waals surface area contributed by atoms with Crippen LogP contribution in [-0.4, -0.2) is 22.1 Å². The zero-order valence-corrected chi connectivity index (χ0v) is 7.79. The Morgan fingerprint density at radius 2 is 2.08 bits per heavy atom. The lowest BCUT2D eigenvalue weighted by Gasteiger charge is -2.15. The molecule has 0 radical (unpaired) electrons. The van der Waals surface area contributed by atoms with E-state index >= 15 is 0 Å². The molecule has 1 aromatic carbocycles. The number of hydrogen-bond acceptors (Lipinski definition) is 3. The predicted octanol–water partition coefficient (Wildman–Crippen LogP) is 1.15. The Kier molecular flexibility index (Phi) is 3.71. The summed E-state index contributed by atoms with van der Waals surface area (Å²) in [5.41, 5.74) is 0.363. The highest BCUT2D eigenvalue weighted by Gasteiger charge is 2.16. The SMILES string of the molecule is OC(CS)C(O)c1cccc(F)c1. The predicted molar refractivity (Wildman–Crippen MR) is 51.2 cm³/mol. The van der Waals surface area contributed by atoms with Crippen LogP contribution in [0.15, 0.2) is 24.3 Å². The van der Waals surface area contributed by atoms with E-state index < -0.39 is 18.0 Å². The van der Waals surface area contributed by atoms with Crippen LogP contribution in [-0.2, 0) is 0 Å². The van der Waals surface area contributed by atoms with E-state index in [9.17, 15) is 14.6 Å². The quantitative estimate of drug-likeness (QED) is 0.643. The molecule has 0 heterocycles. The fraction of sp³-hybridized carbons (Fsp3) is 0.333. The van der Waals surface area contributed by atoms with Gasteiger partial charge in [0.15, 0.2) is 0 Å². The Morgan fingerprint density at radius 3 is 2.62 bits per heavy atom. The second-order valence-corrected chi connectivity index (χ2v) is 3.11. The standard InChI is InChI=1S/C9H11FO2S/c10-7-3-1-2-6(4-7)9(12)8(11)5-13/h1-4,8-9,11-13H,5H2. The van der Waals surface area contributed by atoms with Gasteiger partial charge in [0.2, 0.25) is 0 Å². The van der Waals surface area contributed by atoms with Gasteiger partial charge in [-0.1, -0.05) is 12.1 Å². The lowest BCUT2D eigenvalue weighted by molar-refractivity contribution is 0.0336. The number of rotatable bonds is 3. The Labute approximate surface area is 81.4 Å². The minimum atomic E-state index is -1.08. The highest BCUT2D eigenvalue weighted by molar-refractivity contribution is 7.80. The van der Waals surface area contributed by atoms with Crippen molar-refractivity contribution >= 4 is 12.6 Å². The van der Waals surface area contributed by atoms with Crippen molar-refractivity contribution in [1.29, 1.82) is 0 Å². The number of aliphatic hydroxyl groups excluding tert-OH is 2. The summed E-state index contributed by atoms with van der Waals surface area (Å²) in [6.45, 7) is 0. The van der Waals surface area contributed by atoms with Crippen molar-refractivity contribution in [1.82, 2.24) is 0 Å². The molecule has 0 amide bonds. The molecule has 0 aromatic heterocycles. The van der Waals surface area contributed by atoms with Gasteiger partial charge in [-0.25, -0.2) is 4.39 Å². The lowest BCUT2D eigenvalue weighted by Crippen LogP contribution is -2.19. The third-order valence-electron chi connectivity index (χ3n) is 1.74. The van der Waals surface area contributed by atoms with Crippen molar-refractivity contribution in [3.05, 3.63) is 35.6 Å². The average molecular weight is 202 g/mol. The molecule has 4 heteroatoms. The van der Waals surface area contributed by atoms with Gasteiger partial charge in [-0.05, 0) is 17.7 Å². The van der Waals surface area contributed by atoms with Crippen molar-refractivity contribution in [2.24, 2.45) is 0 Å². The molecule has 0 bridgehead atoms. The van der Waals surface area contributed by atoms with E-state index in [4.69, 9.17) is 0 Å². The molecule has 0 aliphatic rings. The van der Waals surface area contributed by atoms with E-state index in [0.29, 0.717) is 5.56 Å². The first-order valence-corrected chi connectivity index (χ1v) is 4.51. The van der Waals surface area contributed by atoms with Crippen LogP contribution >= 0.6 is 12.6 Å². The minimum absolute atomic E-state index is 0.137. The maximum atomic E-state index is 12.7. The smallest absolute Gasteiger partial charge is 0.123 e. The lowest BCUT2D eigenvalue weighted by atomic mass is 10.1. The van der Waals surface area contributed by atoms with Gasteiger partial charge in [-0.2, -0.15) is 12.6 Å². The highest BCUT2D eigenvalue weighted by Crippen LogP contribution is 2.18. The zero-order chi connectivity index (χ0) is 9.84. The molecule has 0 saturated heterocycles. The molecule has 0 fully saturated rings. The van der Waals surface area contributed by atoms with Crippen molar-refractivity contribution in [2.45, 2.75) is 12.2 Å². The number of hydrogen-bond donors (Lipinski definition) is 3. The topological polar surface area (TPSA) is 40.5 Å². The molecule has 2 N–H and O–H groups in total. The summed E-state index contributed by atoms with van der Waals surface area (Å²) >= 11 is 3.83. The van der Waals surface area contributed by atoms with Crippen molar-refractivity contribution in [2.75, 3.05) is 5.75 Å². The summed E-state index contributed by atoms with van der Waals surface area (Å²) in [7, 11) is 0. The molecule has 0 saturated carbocycles. The molecule has 13 heavy (non-hydrogen) atoms. The van der Waals surface area contributed by atoms with Crippen molar-refractivity contribution < 1.29 is 14.6 Å². The van der Waals surface area contributed by atoms with Gasteiger partial charge in [0, 0.05) is 5.75 Å². The summed E-state index contributed by atoms with van der Waals surface area (Å²) in [6.07, 6.45) is -2.04.